The fraction of sp³-hybridized carbons (Fsp3) is 0.667. The van der Waals surface area contributed by atoms with Crippen molar-refractivity contribution in [1.29, 1.82) is 0 Å². The van der Waals surface area contributed by atoms with Crippen LogP contribution in [0.15, 0.2) is 24.3 Å². The van der Waals surface area contributed by atoms with Crippen LogP contribution in [0.5, 0.6) is 0 Å². The maximum absolute atomic E-state index is 3.56. The van der Waals surface area contributed by atoms with Crippen LogP contribution < -0.4 is 15.1 Å². The minimum absolute atomic E-state index is 0.246. The standard InChI is InChI=1S/C18H31N3/c1-18(2,3)19-12-8-5-9-13-21-15-14-20(4)16-10-6-7-11-17(16)21/h6-7,10-11,19H,5,8-9,12-15H2,1-4H3. The summed E-state index contributed by atoms with van der Waals surface area (Å²) in [5.74, 6) is 0. The predicted octanol–water partition coefficient (Wildman–Crippen LogP) is 3.50. The van der Waals surface area contributed by atoms with Crippen molar-refractivity contribution in [3.63, 3.8) is 0 Å². The van der Waals surface area contributed by atoms with E-state index in [2.05, 4.69) is 67.2 Å². The molecule has 0 aliphatic carbocycles. The molecule has 0 aromatic heterocycles. The molecule has 2 rings (SSSR count). The summed E-state index contributed by atoms with van der Waals surface area (Å²) in [7, 11) is 2.19. The zero-order valence-corrected chi connectivity index (χ0v) is 14.2. The van der Waals surface area contributed by atoms with Gasteiger partial charge in [-0.25, -0.2) is 0 Å². The third kappa shape index (κ3) is 4.92. The largest absolute Gasteiger partial charge is 0.371 e. The van der Waals surface area contributed by atoms with Crippen molar-refractivity contribution in [3.05, 3.63) is 24.3 Å². The molecule has 3 heteroatoms. The minimum atomic E-state index is 0.246. The molecule has 1 aromatic carbocycles. The maximum Gasteiger partial charge on any atom is 0.0604 e. The first-order valence-corrected chi connectivity index (χ1v) is 8.27. The number of hydrogen-bond acceptors (Lipinski definition) is 3. The highest BCUT2D eigenvalue weighted by molar-refractivity contribution is 5.72. The van der Waals surface area contributed by atoms with E-state index in [-0.39, 0.29) is 5.54 Å². The molecule has 1 N–H and O–H groups in total. The van der Waals surface area contributed by atoms with E-state index >= 15 is 0 Å². The average molecular weight is 289 g/mol. The molecule has 1 aliphatic rings. The van der Waals surface area contributed by atoms with Crippen molar-refractivity contribution in [2.24, 2.45) is 0 Å². The Labute approximate surface area is 130 Å². The van der Waals surface area contributed by atoms with Gasteiger partial charge in [0.2, 0.25) is 0 Å². The lowest BCUT2D eigenvalue weighted by Gasteiger charge is -2.37. The van der Waals surface area contributed by atoms with Gasteiger partial charge in [0, 0.05) is 32.2 Å². The van der Waals surface area contributed by atoms with Crippen LogP contribution in [0, 0.1) is 0 Å². The van der Waals surface area contributed by atoms with E-state index in [9.17, 15) is 0 Å². The average Bonchev–Trinajstić information content (AvgIpc) is 2.44. The normalized spacial score (nSPS) is 15.2. The Kier molecular flexibility index (Phi) is 5.51. The van der Waals surface area contributed by atoms with Crippen molar-refractivity contribution in [2.75, 3.05) is 43.0 Å². The molecule has 1 aromatic rings. The lowest BCUT2D eigenvalue weighted by Crippen LogP contribution is -2.39. The van der Waals surface area contributed by atoms with Gasteiger partial charge in [0.1, 0.15) is 0 Å². The Morgan fingerprint density at radius 2 is 1.71 bits per heavy atom. The molecule has 3 nitrogen and oxygen atoms in total. The van der Waals surface area contributed by atoms with Crippen LogP contribution in [0.2, 0.25) is 0 Å². The van der Waals surface area contributed by atoms with Crippen LogP contribution in [0.4, 0.5) is 11.4 Å². The number of anilines is 2. The molecule has 1 aliphatic heterocycles. The maximum atomic E-state index is 3.56. The Morgan fingerprint density at radius 1 is 1.00 bits per heavy atom. The third-order valence-corrected chi connectivity index (χ3v) is 4.10. The first kappa shape index (κ1) is 16.2. The van der Waals surface area contributed by atoms with Crippen LogP contribution >= 0.6 is 0 Å². The second-order valence-corrected chi connectivity index (χ2v) is 7.13. The second kappa shape index (κ2) is 7.17. The van der Waals surface area contributed by atoms with Crippen molar-refractivity contribution >= 4 is 11.4 Å². The Balaban J connectivity index is 1.74. The molecule has 1 heterocycles. The first-order chi connectivity index (χ1) is 9.97. The highest BCUT2D eigenvalue weighted by atomic mass is 15.2. The molecule has 0 atom stereocenters. The predicted molar refractivity (Wildman–Crippen MR) is 93.5 cm³/mol. The highest BCUT2D eigenvalue weighted by Crippen LogP contribution is 2.31. The number of nitrogens with one attached hydrogen (secondary N) is 1. The van der Waals surface area contributed by atoms with Crippen LogP contribution in [0.1, 0.15) is 40.0 Å². The van der Waals surface area contributed by atoms with Gasteiger partial charge in [0.05, 0.1) is 11.4 Å². The summed E-state index contributed by atoms with van der Waals surface area (Å²) in [6, 6.07) is 8.77. The highest BCUT2D eigenvalue weighted by Gasteiger charge is 2.18. The van der Waals surface area contributed by atoms with Gasteiger partial charge < -0.3 is 15.1 Å². The zero-order valence-electron chi connectivity index (χ0n) is 14.2. The van der Waals surface area contributed by atoms with E-state index in [1.165, 1.54) is 37.2 Å². The SMILES string of the molecule is CN1CCN(CCCCCNC(C)(C)C)c2ccccc21. The van der Waals surface area contributed by atoms with E-state index in [0.717, 1.165) is 19.6 Å². The van der Waals surface area contributed by atoms with Gasteiger partial charge in [-0.3, -0.25) is 0 Å². The Hall–Kier alpha value is -1.22. The van der Waals surface area contributed by atoms with Crippen molar-refractivity contribution < 1.29 is 0 Å². The summed E-state index contributed by atoms with van der Waals surface area (Å²) < 4.78 is 0. The topological polar surface area (TPSA) is 18.5 Å². The lowest BCUT2D eigenvalue weighted by atomic mass is 10.1. The van der Waals surface area contributed by atoms with Crippen LogP contribution in [-0.4, -0.2) is 38.8 Å². The van der Waals surface area contributed by atoms with Gasteiger partial charge in [0.15, 0.2) is 0 Å². The lowest BCUT2D eigenvalue weighted by molar-refractivity contribution is 0.417. The quantitative estimate of drug-likeness (QED) is 0.809. The molecule has 0 bridgehead atoms. The van der Waals surface area contributed by atoms with E-state index in [1.54, 1.807) is 0 Å². The molecular formula is C18H31N3. The molecule has 0 radical (unpaired) electrons. The summed E-state index contributed by atoms with van der Waals surface area (Å²) >= 11 is 0. The van der Waals surface area contributed by atoms with Crippen LogP contribution in [0.3, 0.4) is 0 Å². The minimum Gasteiger partial charge on any atom is -0.371 e. The molecule has 0 saturated carbocycles. The van der Waals surface area contributed by atoms with E-state index in [0.29, 0.717) is 0 Å². The fourth-order valence-corrected chi connectivity index (χ4v) is 2.87. The molecule has 0 saturated heterocycles. The van der Waals surface area contributed by atoms with Crippen molar-refractivity contribution in [1.82, 2.24) is 5.32 Å². The summed E-state index contributed by atoms with van der Waals surface area (Å²) in [6.45, 7) is 11.3. The van der Waals surface area contributed by atoms with Gasteiger partial charge in [-0.05, 0) is 52.3 Å². The van der Waals surface area contributed by atoms with E-state index < -0.39 is 0 Å². The van der Waals surface area contributed by atoms with Gasteiger partial charge in [-0.1, -0.05) is 18.6 Å². The molecule has 0 amide bonds. The van der Waals surface area contributed by atoms with Crippen LogP contribution in [0.25, 0.3) is 0 Å². The number of para-hydroxylation sites is 2. The molecule has 0 unspecified atom stereocenters. The number of hydrogen-bond donors (Lipinski definition) is 1. The summed E-state index contributed by atoms with van der Waals surface area (Å²) in [5, 5.41) is 3.56. The van der Waals surface area contributed by atoms with E-state index in [4.69, 9.17) is 0 Å². The fourth-order valence-electron chi connectivity index (χ4n) is 2.87. The molecular weight excluding hydrogens is 258 g/mol. The molecule has 118 valence electrons. The molecule has 0 fully saturated rings. The monoisotopic (exact) mass is 289 g/mol. The Morgan fingerprint density at radius 3 is 2.43 bits per heavy atom. The first-order valence-electron chi connectivity index (χ1n) is 8.27. The second-order valence-electron chi connectivity index (χ2n) is 7.13. The number of likely N-dealkylation sites (N-methyl/N-ethyl adjacent to an activating group) is 1. The van der Waals surface area contributed by atoms with E-state index in [1.807, 2.05) is 0 Å². The summed E-state index contributed by atoms with van der Waals surface area (Å²) in [6.07, 6.45) is 3.86. The zero-order chi connectivity index (χ0) is 15.3. The molecule has 21 heavy (non-hydrogen) atoms. The third-order valence-electron chi connectivity index (χ3n) is 4.10. The van der Waals surface area contributed by atoms with Gasteiger partial charge in [0.25, 0.3) is 0 Å². The summed E-state index contributed by atoms with van der Waals surface area (Å²) in [5.41, 5.74) is 3.02. The van der Waals surface area contributed by atoms with Gasteiger partial charge in [-0.2, -0.15) is 0 Å². The van der Waals surface area contributed by atoms with Gasteiger partial charge in [-0.15, -0.1) is 0 Å². The van der Waals surface area contributed by atoms with Crippen LogP contribution in [-0.2, 0) is 0 Å². The molecule has 0 spiro atoms. The number of unbranched alkanes of at least 4 members (excludes halogenated alkanes) is 2. The van der Waals surface area contributed by atoms with Crippen molar-refractivity contribution in [2.45, 2.75) is 45.6 Å². The summed E-state index contributed by atoms with van der Waals surface area (Å²) in [4.78, 5) is 4.91. The van der Waals surface area contributed by atoms with Crippen molar-refractivity contribution in [3.8, 4) is 0 Å². The smallest absolute Gasteiger partial charge is 0.0604 e. The Bertz CT molecular complexity index is 436. The number of fused-ring (bicyclic) bond motifs is 1. The van der Waals surface area contributed by atoms with Gasteiger partial charge >= 0.3 is 0 Å². The number of rotatable bonds is 6. The number of nitrogens with zero attached hydrogens (tertiary/aromatic N) is 2. The number of benzene rings is 1.